The minimum Gasteiger partial charge on any atom is -0.486 e. The number of para-hydroxylation sites is 1. The molecule has 1 atom stereocenters. The monoisotopic (exact) mass is 297 g/mol. The minimum absolute atomic E-state index is 0.118. The van der Waals surface area contributed by atoms with Gasteiger partial charge in [0.25, 0.3) is 0 Å². The normalized spacial score (nSPS) is 19.3. The van der Waals surface area contributed by atoms with E-state index in [9.17, 15) is 0 Å². The standard InChI is InChI=1S/C16H24ClNO2/c1-12(2)9-18-10-13-5-3-7-15(17)16(13)20-14-6-4-8-19-11-14/h3,5,7,12,14,18H,4,6,8-11H2,1-2H3. The van der Waals surface area contributed by atoms with Crippen molar-refractivity contribution in [3.63, 3.8) is 0 Å². The van der Waals surface area contributed by atoms with Gasteiger partial charge in [0, 0.05) is 18.7 Å². The van der Waals surface area contributed by atoms with Gasteiger partial charge < -0.3 is 14.8 Å². The maximum absolute atomic E-state index is 6.30. The van der Waals surface area contributed by atoms with Crippen LogP contribution in [0.15, 0.2) is 18.2 Å². The van der Waals surface area contributed by atoms with Gasteiger partial charge in [-0.05, 0) is 31.4 Å². The number of halogens is 1. The van der Waals surface area contributed by atoms with Gasteiger partial charge in [-0.15, -0.1) is 0 Å². The fourth-order valence-electron chi connectivity index (χ4n) is 2.29. The molecule has 3 nitrogen and oxygen atoms in total. The maximum Gasteiger partial charge on any atom is 0.142 e. The van der Waals surface area contributed by atoms with Crippen LogP contribution in [0.4, 0.5) is 0 Å². The molecule has 112 valence electrons. The van der Waals surface area contributed by atoms with Crippen LogP contribution in [0.1, 0.15) is 32.3 Å². The van der Waals surface area contributed by atoms with E-state index in [0.29, 0.717) is 17.5 Å². The molecule has 0 amide bonds. The highest BCUT2D eigenvalue weighted by Gasteiger charge is 2.18. The molecule has 0 spiro atoms. The van der Waals surface area contributed by atoms with Crippen LogP contribution in [-0.4, -0.2) is 25.9 Å². The van der Waals surface area contributed by atoms with Crippen molar-refractivity contribution in [1.82, 2.24) is 5.32 Å². The first-order chi connectivity index (χ1) is 9.66. The Morgan fingerprint density at radius 2 is 2.30 bits per heavy atom. The van der Waals surface area contributed by atoms with E-state index in [1.54, 1.807) is 0 Å². The van der Waals surface area contributed by atoms with Crippen molar-refractivity contribution < 1.29 is 9.47 Å². The van der Waals surface area contributed by atoms with Crippen molar-refractivity contribution in [2.75, 3.05) is 19.8 Å². The van der Waals surface area contributed by atoms with Gasteiger partial charge in [-0.2, -0.15) is 0 Å². The molecule has 1 heterocycles. The molecule has 0 aromatic heterocycles. The van der Waals surface area contributed by atoms with Crippen LogP contribution in [0.2, 0.25) is 5.02 Å². The molecular weight excluding hydrogens is 274 g/mol. The zero-order valence-corrected chi connectivity index (χ0v) is 13.1. The number of hydrogen-bond acceptors (Lipinski definition) is 3. The zero-order valence-electron chi connectivity index (χ0n) is 12.3. The van der Waals surface area contributed by atoms with E-state index >= 15 is 0 Å². The van der Waals surface area contributed by atoms with E-state index in [0.717, 1.165) is 43.9 Å². The minimum atomic E-state index is 0.118. The zero-order chi connectivity index (χ0) is 14.4. The molecule has 1 aromatic carbocycles. The lowest BCUT2D eigenvalue weighted by molar-refractivity contribution is 0.00705. The first-order valence-electron chi connectivity index (χ1n) is 7.39. The maximum atomic E-state index is 6.30. The van der Waals surface area contributed by atoms with E-state index in [2.05, 4.69) is 25.2 Å². The third kappa shape index (κ3) is 4.65. The highest BCUT2D eigenvalue weighted by Crippen LogP contribution is 2.30. The number of rotatable bonds is 6. The van der Waals surface area contributed by atoms with Crippen LogP contribution < -0.4 is 10.1 Å². The van der Waals surface area contributed by atoms with Crippen LogP contribution in [-0.2, 0) is 11.3 Å². The Kier molecular flexibility index (Phi) is 6.14. The predicted octanol–water partition coefficient (Wildman–Crippen LogP) is 3.64. The first kappa shape index (κ1) is 15.6. The summed E-state index contributed by atoms with van der Waals surface area (Å²) in [5, 5.41) is 4.12. The lowest BCUT2D eigenvalue weighted by Crippen LogP contribution is -2.29. The Hall–Kier alpha value is -0.770. The second kappa shape index (κ2) is 7.87. The van der Waals surface area contributed by atoms with Gasteiger partial charge >= 0.3 is 0 Å². The summed E-state index contributed by atoms with van der Waals surface area (Å²) in [6.45, 7) is 7.65. The SMILES string of the molecule is CC(C)CNCc1cccc(Cl)c1OC1CCCOC1. The summed E-state index contributed by atoms with van der Waals surface area (Å²) in [6, 6.07) is 5.92. The van der Waals surface area contributed by atoms with E-state index < -0.39 is 0 Å². The predicted molar refractivity (Wildman–Crippen MR) is 82.5 cm³/mol. The smallest absolute Gasteiger partial charge is 0.142 e. The lowest BCUT2D eigenvalue weighted by atomic mass is 10.1. The third-order valence-corrected chi connectivity index (χ3v) is 3.62. The molecule has 0 bridgehead atoms. The molecule has 1 saturated heterocycles. The molecule has 1 unspecified atom stereocenters. The van der Waals surface area contributed by atoms with Gasteiger partial charge in [0.2, 0.25) is 0 Å². The third-order valence-electron chi connectivity index (χ3n) is 3.32. The van der Waals surface area contributed by atoms with Crippen molar-refractivity contribution in [3.8, 4) is 5.75 Å². The molecule has 4 heteroatoms. The molecule has 20 heavy (non-hydrogen) atoms. The van der Waals surface area contributed by atoms with Crippen molar-refractivity contribution in [1.29, 1.82) is 0 Å². The van der Waals surface area contributed by atoms with Gasteiger partial charge in [-0.1, -0.05) is 37.6 Å². The fraction of sp³-hybridized carbons (Fsp3) is 0.625. The molecule has 1 aromatic rings. The summed E-state index contributed by atoms with van der Waals surface area (Å²) < 4.78 is 11.5. The molecule has 1 N–H and O–H groups in total. The summed E-state index contributed by atoms with van der Waals surface area (Å²) >= 11 is 6.30. The van der Waals surface area contributed by atoms with E-state index in [4.69, 9.17) is 21.1 Å². The van der Waals surface area contributed by atoms with Gasteiger partial charge in [0.15, 0.2) is 0 Å². The highest BCUT2D eigenvalue weighted by atomic mass is 35.5. The van der Waals surface area contributed by atoms with Gasteiger partial charge in [-0.25, -0.2) is 0 Å². The number of nitrogens with one attached hydrogen (secondary N) is 1. The second-order valence-corrected chi connectivity index (χ2v) is 6.12. The summed E-state index contributed by atoms with van der Waals surface area (Å²) in [5.41, 5.74) is 1.11. The van der Waals surface area contributed by atoms with Crippen molar-refractivity contribution in [2.45, 2.75) is 39.3 Å². The lowest BCUT2D eigenvalue weighted by Gasteiger charge is -2.25. The van der Waals surface area contributed by atoms with E-state index in [1.165, 1.54) is 0 Å². The van der Waals surface area contributed by atoms with Gasteiger partial charge in [0.05, 0.1) is 11.6 Å². The van der Waals surface area contributed by atoms with Crippen LogP contribution in [0.3, 0.4) is 0 Å². The average molecular weight is 298 g/mol. The quantitative estimate of drug-likeness (QED) is 0.869. The Morgan fingerprint density at radius 3 is 3.00 bits per heavy atom. The average Bonchev–Trinajstić information content (AvgIpc) is 2.43. The Labute approximate surface area is 126 Å². The van der Waals surface area contributed by atoms with Crippen LogP contribution in [0.5, 0.6) is 5.75 Å². The van der Waals surface area contributed by atoms with E-state index in [-0.39, 0.29) is 6.10 Å². The molecule has 0 saturated carbocycles. The van der Waals surface area contributed by atoms with Crippen LogP contribution >= 0.6 is 11.6 Å². The molecule has 1 aliphatic rings. The Balaban J connectivity index is 2.01. The largest absolute Gasteiger partial charge is 0.486 e. The molecular formula is C16H24ClNO2. The Bertz CT molecular complexity index is 417. The van der Waals surface area contributed by atoms with E-state index in [1.807, 2.05) is 12.1 Å². The summed E-state index contributed by atoms with van der Waals surface area (Å²) in [4.78, 5) is 0. The number of ether oxygens (including phenoxy) is 2. The molecule has 1 fully saturated rings. The fourth-order valence-corrected chi connectivity index (χ4v) is 2.53. The topological polar surface area (TPSA) is 30.5 Å². The van der Waals surface area contributed by atoms with Gasteiger partial charge in [0.1, 0.15) is 11.9 Å². The van der Waals surface area contributed by atoms with Crippen molar-refractivity contribution >= 4 is 11.6 Å². The first-order valence-corrected chi connectivity index (χ1v) is 7.77. The molecule has 0 radical (unpaired) electrons. The number of benzene rings is 1. The molecule has 1 aliphatic heterocycles. The highest BCUT2D eigenvalue weighted by molar-refractivity contribution is 6.32. The Morgan fingerprint density at radius 1 is 1.45 bits per heavy atom. The van der Waals surface area contributed by atoms with Crippen LogP contribution in [0.25, 0.3) is 0 Å². The van der Waals surface area contributed by atoms with Gasteiger partial charge in [-0.3, -0.25) is 0 Å². The van der Waals surface area contributed by atoms with Crippen LogP contribution in [0, 0.1) is 5.92 Å². The van der Waals surface area contributed by atoms with Crippen molar-refractivity contribution in [3.05, 3.63) is 28.8 Å². The summed E-state index contributed by atoms with van der Waals surface area (Å²) in [6.07, 6.45) is 2.20. The second-order valence-electron chi connectivity index (χ2n) is 5.71. The molecule has 2 rings (SSSR count). The number of hydrogen-bond donors (Lipinski definition) is 1. The van der Waals surface area contributed by atoms with Crippen molar-refractivity contribution in [2.24, 2.45) is 5.92 Å². The summed E-state index contributed by atoms with van der Waals surface area (Å²) in [7, 11) is 0. The molecule has 0 aliphatic carbocycles. The summed E-state index contributed by atoms with van der Waals surface area (Å²) in [5.74, 6) is 1.44.